The molecule has 0 radical (unpaired) electrons. The molecule has 0 aromatic heterocycles. The van der Waals surface area contributed by atoms with Gasteiger partial charge in [0.15, 0.2) is 3.79 Å². The molecule has 0 heterocycles. The molecule has 0 aromatic carbocycles. The van der Waals surface area contributed by atoms with Crippen molar-refractivity contribution in [1.29, 1.82) is 0 Å². The Labute approximate surface area is 235 Å². The van der Waals surface area contributed by atoms with E-state index in [-0.39, 0.29) is 6.04 Å². The first-order chi connectivity index (χ1) is 16.3. The van der Waals surface area contributed by atoms with Gasteiger partial charge >= 0.3 is 0 Å². The van der Waals surface area contributed by atoms with Crippen molar-refractivity contribution in [2.75, 3.05) is 18.1 Å². The van der Waals surface area contributed by atoms with E-state index in [0.717, 1.165) is 37.3 Å². The molecule has 0 aliphatic rings. The van der Waals surface area contributed by atoms with Gasteiger partial charge in [0.1, 0.15) is 0 Å². The van der Waals surface area contributed by atoms with Crippen molar-refractivity contribution < 1.29 is 0 Å². The molecule has 0 rings (SSSR count). The van der Waals surface area contributed by atoms with Gasteiger partial charge in [0.2, 0.25) is 0 Å². The van der Waals surface area contributed by atoms with Crippen LogP contribution in [-0.4, -0.2) is 27.9 Å². The maximum Gasteiger partial charge on any atom is 0.190 e. The highest BCUT2D eigenvalue weighted by Gasteiger charge is 2.20. The lowest BCUT2D eigenvalue weighted by molar-refractivity contribution is 0.451. The number of unbranched alkanes of at least 4 members (excludes halogenated alkanes) is 12. The summed E-state index contributed by atoms with van der Waals surface area (Å²) in [6.07, 6.45) is 21.9. The molecular formula is C27H53Cl3N2S2. The summed E-state index contributed by atoms with van der Waals surface area (Å²) < 4.78 is -1.12. The molecule has 0 aliphatic carbocycles. The first-order valence-corrected chi connectivity index (χ1v) is 17.4. The second-order valence-electron chi connectivity index (χ2n) is 9.81. The van der Waals surface area contributed by atoms with Gasteiger partial charge in [-0.15, -0.1) is 0 Å². The highest BCUT2D eigenvalue weighted by atomic mass is 35.6. The van der Waals surface area contributed by atoms with Crippen molar-refractivity contribution in [1.82, 2.24) is 5.32 Å². The van der Waals surface area contributed by atoms with E-state index in [1.54, 1.807) is 0 Å². The normalized spacial score (nSPS) is 13.7. The van der Waals surface area contributed by atoms with Crippen LogP contribution < -0.4 is 11.1 Å². The van der Waals surface area contributed by atoms with Crippen LogP contribution in [-0.2, 0) is 0 Å². The van der Waals surface area contributed by atoms with Gasteiger partial charge in [0.05, 0.1) is 6.04 Å². The first kappa shape index (κ1) is 35.1. The quantitative estimate of drug-likeness (QED) is 0.0645. The summed E-state index contributed by atoms with van der Waals surface area (Å²) in [6.45, 7) is 9.57. The molecule has 0 amide bonds. The van der Waals surface area contributed by atoms with E-state index < -0.39 is 3.79 Å². The summed E-state index contributed by atoms with van der Waals surface area (Å²) in [5, 5.41) is 3.41. The fraction of sp³-hybridized carbons (Fsp3) is 0.926. The van der Waals surface area contributed by atoms with Crippen molar-refractivity contribution in [3.63, 3.8) is 0 Å². The summed E-state index contributed by atoms with van der Waals surface area (Å²) in [7, 11) is 3.85. The third kappa shape index (κ3) is 26.1. The molecule has 0 aromatic rings. The zero-order valence-corrected chi connectivity index (χ0v) is 25.9. The molecule has 7 heteroatoms. The molecule has 204 valence electrons. The van der Waals surface area contributed by atoms with Crippen LogP contribution in [0, 0.1) is 5.92 Å². The molecule has 2 nitrogen and oxygen atoms in total. The molecule has 0 fully saturated rings. The molecular weight excluding hydrogens is 523 g/mol. The average molecular weight is 576 g/mol. The second kappa shape index (κ2) is 24.4. The van der Waals surface area contributed by atoms with Crippen LogP contribution in [0.25, 0.3) is 0 Å². The van der Waals surface area contributed by atoms with E-state index in [9.17, 15) is 0 Å². The predicted octanol–water partition coefficient (Wildman–Crippen LogP) is 10.5. The lowest BCUT2D eigenvalue weighted by Crippen LogP contribution is -2.33. The van der Waals surface area contributed by atoms with E-state index in [2.05, 4.69) is 25.7 Å². The van der Waals surface area contributed by atoms with Crippen LogP contribution in [0.3, 0.4) is 0 Å². The Balaban J connectivity index is 3.41. The molecule has 2 atom stereocenters. The average Bonchev–Trinajstić information content (AvgIpc) is 2.79. The topological polar surface area (TPSA) is 38.0 Å². The summed E-state index contributed by atoms with van der Waals surface area (Å²) in [6, 6.07) is 0.0164. The minimum Gasteiger partial charge on any atom is -0.388 e. The SMILES string of the molecule is C=C(NCCCCC(C)CCC(Cl)(Cl)Cl)[C@@H](N)CSSCCCCCCCCCCCCCC. The smallest absolute Gasteiger partial charge is 0.190 e. The minimum absolute atomic E-state index is 0.0164. The van der Waals surface area contributed by atoms with Gasteiger partial charge in [-0.25, -0.2) is 0 Å². The fourth-order valence-electron chi connectivity index (χ4n) is 3.84. The summed E-state index contributed by atoms with van der Waals surface area (Å²) in [5.74, 6) is 2.73. The Kier molecular flexibility index (Phi) is 25.2. The number of hydrogen-bond donors (Lipinski definition) is 2. The van der Waals surface area contributed by atoms with Crippen LogP contribution in [0.15, 0.2) is 12.3 Å². The van der Waals surface area contributed by atoms with Crippen LogP contribution in [0.4, 0.5) is 0 Å². The second-order valence-corrected chi connectivity index (χ2v) is 15.0. The molecule has 0 bridgehead atoms. The van der Waals surface area contributed by atoms with Gasteiger partial charge in [-0.05, 0) is 31.6 Å². The molecule has 34 heavy (non-hydrogen) atoms. The zero-order valence-electron chi connectivity index (χ0n) is 22.0. The Morgan fingerprint density at radius 2 is 1.38 bits per heavy atom. The Bertz CT molecular complexity index is 462. The number of rotatable bonds is 25. The van der Waals surface area contributed by atoms with Crippen molar-refractivity contribution >= 4 is 56.4 Å². The standard InChI is InChI=1S/C27H53Cl3N2S2/c1-4-5-6-7-8-9-10-11-12-13-14-17-22-33-34-23-26(31)25(3)32-21-16-15-18-24(2)19-20-27(28,29)30/h24,26,32H,3-23,31H2,1-2H3/t24?,26-/m0/s1. The Morgan fingerprint density at radius 1 is 0.824 bits per heavy atom. The van der Waals surface area contributed by atoms with E-state index in [1.165, 1.54) is 89.2 Å². The van der Waals surface area contributed by atoms with Gasteiger partial charge in [-0.2, -0.15) is 0 Å². The Hall–Kier alpha value is 1.07. The molecule has 0 saturated carbocycles. The van der Waals surface area contributed by atoms with Gasteiger partial charge in [-0.3, -0.25) is 0 Å². The molecule has 0 spiro atoms. The number of halogens is 3. The number of nitrogens with two attached hydrogens (primary N) is 1. The van der Waals surface area contributed by atoms with Crippen molar-refractivity contribution in [2.45, 2.75) is 133 Å². The van der Waals surface area contributed by atoms with Gasteiger partial charge < -0.3 is 11.1 Å². The summed E-state index contributed by atoms with van der Waals surface area (Å²) in [5.41, 5.74) is 7.24. The maximum absolute atomic E-state index is 6.28. The monoisotopic (exact) mass is 574 g/mol. The Morgan fingerprint density at radius 3 is 1.94 bits per heavy atom. The number of alkyl halides is 3. The number of nitrogens with one attached hydrogen (secondary N) is 1. The maximum atomic E-state index is 6.28. The third-order valence-corrected chi connectivity index (χ3v) is 9.35. The highest BCUT2D eigenvalue weighted by molar-refractivity contribution is 8.76. The largest absolute Gasteiger partial charge is 0.388 e. The molecule has 0 aliphatic heterocycles. The lowest BCUT2D eigenvalue weighted by atomic mass is 9.99. The number of hydrogen-bond acceptors (Lipinski definition) is 4. The minimum atomic E-state index is -1.12. The fourth-order valence-corrected chi connectivity index (χ4v) is 6.48. The highest BCUT2D eigenvalue weighted by Crippen LogP contribution is 2.33. The molecule has 1 unspecified atom stereocenters. The summed E-state index contributed by atoms with van der Waals surface area (Å²) in [4.78, 5) is 0. The zero-order chi connectivity index (χ0) is 25.5. The summed E-state index contributed by atoms with van der Waals surface area (Å²) >= 11 is 17.5. The van der Waals surface area contributed by atoms with E-state index in [1.807, 2.05) is 21.6 Å². The van der Waals surface area contributed by atoms with Crippen molar-refractivity contribution in [3.05, 3.63) is 12.3 Å². The first-order valence-electron chi connectivity index (χ1n) is 13.8. The van der Waals surface area contributed by atoms with Gasteiger partial charge in [0.25, 0.3) is 0 Å². The van der Waals surface area contributed by atoms with E-state index in [0.29, 0.717) is 12.3 Å². The lowest BCUT2D eigenvalue weighted by Gasteiger charge is -2.17. The predicted molar refractivity (Wildman–Crippen MR) is 164 cm³/mol. The molecule has 3 N–H and O–H groups in total. The van der Waals surface area contributed by atoms with Crippen LogP contribution in [0.1, 0.15) is 123 Å². The van der Waals surface area contributed by atoms with Crippen LogP contribution >= 0.6 is 56.4 Å². The van der Waals surface area contributed by atoms with Crippen LogP contribution in [0.5, 0.6) is 0 Å². The van der Waals surface area contributed by atoms with E-state index >= 15 is 0 Å². The van der Waals surface area contributed by atoms with Gasteiger partial charge in [-0.1, -0.05) is 160 Å². The van der Waals surface area contributed by atoms with Gasteiger partial charge in [0, 0.05) is 23.7 Å². The molecule has 0 saturated heterocycles. The third-order valence-electron chi connectivity index (χ3n) is 6.26. The van der Waals surface area contributed by atoms with E-state index in [4.69, 9.17) is 40.5 Å². The van der Waals surface area contributed by atoms with Crippen molar-refractivity contribution in [2.24, 2.45) is 11.7 Å². The van der Waals surface area contributed by atoms with Crippen molar-refractivity contribution in [3.8, 4) is 0 Å². The van der Waals surface area contributed by atoms with Crippen LogP contribution in [0.2, 0.25) is 0 Å².